The minimum Gasteiger partial charge on any atom is -0.506 e. The lowest BCUT2D eigenvalue weighted by Crippen LogP contribution is -2.46. The monoisotopic (exact) mass is 411 g/mol. The molecule has 4 rings (SSSR count). The molecule has 9 heteroatoms. The van der Waals surface area contributed by atoms with E-state index in [9.17, 15) is 14.7 Å². The van der Waals surface area contributed by atoms with Crippen molar-refractivity contribution in [2.45, 2.75) is 25.4 Å². The average molecular weight is 411 g/mol. The first kappa shape index (κ1) is 19.1. The van der Waals surface area contributed by atoms with Crippen LogP contribution < -0.4 is 5.32 Å². The van der Waals surface area contributed by atoms with Crippen LogP contribution in [0.4, 0.5) is 0 Å². The molecular formula is C20H21N5O3S. The molecule has 8 nitrogen and oxygen atoms in total. The largest absolute Gasteiger partial charge is 0.506 e. The van der Waals surface area contributed by atoms with Gasteiger partial charge in [-0.2, -0.15) is 5.10 Å². The van der Waals surface area contributed by atoms with Gasteiger partial charge in [-0.3, -0.25) is 14.7 Å². The molecule has 29 heavy (non-hydrogen) atoms. The molecule has 2 heterocycles. The molecule has 150 valence electrons. The number of phenols is 1. The Morgan fingerprint density at radius 3 is 2.86 bits per heavy atom. The van der Waals surface area contributed by atoms with Crippen LogP contribution in [0.2, 0.25) is 0 Å². The van der Waals surface area contributed by atoms with Gasteiger partial charge in [0.25, 0.3) is 5.91 Å². The first-order valence-corrected chi connectivity index (χ1v) is 9.78. The fourth-order valence-electron chi connectivity index (χ4n) is 3.69. The fraction of sp³-hybridized carbons (Fsp3) is 0.300. The summed E-state index contributed by atoms with van der Waals surface area (Å²) >= 11 is 5.07. The number of rotatable bonds is 4. The van der Waals surface area contributed by atoms with Gasteiger partial charge in [-0.05, 0) is 36.5 Å². The quantitative estimate of drug-likeness (QED) is 0.572. The van der Waals surface area contributed by atoms with Gasteiger partial charge in [0.05, 0.1) is 12.1 Å². The molecule has 0 spiro atoms. The number of aromatic hydroxyl groups is 1. The van der Waals surface area contributed by atoms with Crippen molar-refractivity contribution < 1.29 is 14.7 Å². The SMILES string of the molecule is Cn1c(CNC(=O)C2CCCN2C(=O)c2ccc3ccccc3c2O)n[nH]c1=S. The first-order chi connectivity index (χ1) is 14.0. The van der Waals surface area contributed by atoms with E-state index in [4.69, 9.17) is 12.2 Å². The Morgan fingerprint density at radius 2 is 2.10 bits per heavy atom. The van der Waals surface area contributed by atoms with Crippen molar-refractivity contribution in [2.24, 2.45) is 7.05 Å². The molecule has 0 bridgehead atoms. The van der Waals surface area contributed by atoms with Crippen molar-refractivity contribution in [2.75, 3.05) is 6.54 Å². The number of aromatic amines is 1. The third-order valence-electron chi connectivity index (χ3n) is 5.34. The molecule has 1 aliphatic rings. The number of carbonyl (C=O) groups excluding carboxylic acids is 2. The molecule has 0 saturated carbocycles. The Bertz CT molecular complexity index is 1150. The van der Waals surface area contributed by atoms with E-state index < -0.39 is 6.04 Å². The number of amides is 2. The maximum absolute atomic E-state index is 13.1. The number of likely N-dealkylation sites (tertiary alicyclic amines) is 1. The molecule has 1 aliphatic heterocycles. The molecule has 1 atom stereocenters. The lowest BCUT2D eigenvalue weighted by Gasteiger charge is -2.24. The molecule has 1 unspecified atom stereocenters. The Kier molecular flexibility index (Phi) is 5.06. The highest BCUT2D eigenvalue weighted by Crippen LogP contribution is 2.31. The van der Waals surface area contributed by atoms with Gasteiger partial charge in [-0.15, -0.1) is 0 Å². The molecule has 2 amide bonds. The van der Waals surface area contributed by atoms with E-state index in [0.29, 0.717) is 28.9 Å². The van der Waals surface area contributed by atoms with Gasteiger partial charge < -0.3 is 19.9 Å². The number of nitrogens with one attached hydrogen (secondary N) is 2. The second-order valence-corrected chi connectivity index (χ2v) is 7.45. The number of fused-ring (bicyclic) bond motifs is 1. The molecule has 3 aromatic rings. The number of aromatic nitrogens is 3. The van der Waals surface area contributed by atoms with Crippen LogP contribution >= 0.6 is 12.2 Å². The minimum absolute atomic E-state index is 0.0549. The second kappa shape index (κ2) is 7.67. The Labute approximate surface area is 172 Å². The summed E-state index contributed by atoms with van der Waals surface area (Å²) in [5, 5.41) is 21.7. The summed E-state index contributed by atoms with van der Waals surface area (Å²) in [6.45, 7) is 0.678. The van der Waals surface area contributed by atoms with E-state index in [1.807, 2.05) is 18.2 Å². The number of hydrogen-bond donors (Lipinski definition) is 3. The Morgan fingerprint density at radius 1 is 1.31 bits per heavy atom. The summed E-state index contributed by atoms with van der Waals surface area (Å²) in [5.41, 5.74) is 0.206. The third kappa shape index (κ3) is 3.49. The summed E-state index contributed by atoms with van der Waals surface area (Å²) in [4.78, 5) is 27.4. The smallest absolute Gasteiger partial charge is 0.258 e. The maximum atomic E-state index is 13.1. The lowest BCUT2D eigenvalue weighted by molar-refractivity contribution is -0.125. The van der Waals surface area contributed by atoms with Crippen LogP contribution in [-0.4, -0.2) is 49.2 Å². The van der Waals surface area contributed by atoms with Gasteiger partial charge in [-0.25, -0.2) is 0 Å². The summed E-state index contributed by atoms with van der Waals surface area (Å²) in [7, 11) is 1.77. The van der Waals surface area contributed by atoms with E-state index in [1.54, 1.807) is 29.8 Å². The van der Waals surface area contributed by atoms with E-state index >= 15 is 0 Å². The van der Waals surface area contributed by atoms with Gasteiger partial charge in [0.1, 0.15) is 11.8 Å². The zero-order valence-electron chi connectivity index (χ0n) is 15.9. The van der Waals surface area contributed by atoms with E-state index in [2.05, 4.69) is 15.5 Å². The Hall–Kier alpha value is -3.20. The van der Waals surface area contributed by atoms with Crippen LogP contribution in [0.1, 0.15) is 29.0 Å². The van der Waals surface area contributed by atoms with Crippen molar-refractivity contribution in [1.29, 1.82) is 0 Å². The van der Waals surface area contributed by atoms with E-state index in [-0.39, 0.29) is 29.7 Å². The number of nitrogens with zero attached hydrogens (tertiary/aromatic N) is 3. The topological polar surface area (TPSA) is 103 Å². The van der Waals surface area contributed by atoms with Crippen LogP contribution in [0.15, 0.2) is 36.4 Å². The number of hydrogen-bond acceptors (Lipinski definition) is 5. The summed E-state index contributed by atoms with van der Waals surface area (Å²) < 4.78 is 2.15. The Balaban J connectivity index is 1.52. The zero-order valence-corrected chi connectivity index (χ0v) is 16.7. The average Bonchev–Trinajstić information content (AvgIpc) is 3.34. The van der Waals surface area contributed by atoms with Crippen molar-refractivity contribution >= 4 is 34.8 Å². The van der Waals surface area contributed by atoms with Gasteiger partial charge in [0.15, 0.2) is 10.6 Å². The molecule has 1 aromatic heterocycles. The van der Waals surface area contributed by atoms with Crippen LogP contribution in [0.25, 0.3) is 10.8 Å². The van der Waals surface area contributed by atoms with Crippen molar-refractivity contribution in [1.82, 2.24) is 25.0 Å². The van der Waals surface area contributed by atoms with Gasteiger partial charge in [0.2, 0.25) is 5.91 Å². The number of benzene rings is 2. The highest BCUT2D eigenvalue weighted by atomic mass is 32.1. The summed E-state index contributed by atoms with van der Waals surface area (Å²) in [6.07, 6.45) is 1.30. The van der Waals surface area contributed by atoms with Crippen molar-refractivity contribution in [3.8, 4) is 5.75 Å². The van der Waals surface area contributed by atoms with Crippen LogP contribution in [0.3, 0.4) is 0 Å². The van der Waals surface area contributed by atoms with Crippen LogP contribution in [0, 0.1) is 4.77 Å². The molecule has 1 saturated heterocycles. The number of carbonyl (C=O) groups is 2. The van der Waals surface area contributed by atoms with E-state index in [0.717, 1.165) is 11.8 Å². The van der Waals surface area contributed by atoms with Gasteiger partial charge >= 0.3 is 0 Å². The van der Waals surface area contributed by atoms with Crippen LogP contribution in [0.5, 0.6) is 5.75 Å². The molecular weight excluding hydrogens is 390 g/mol. The maximum Gasteiger partial charge on any atom is 0.258 e. The minimum atomic E-state index is -0.583. The third-order valence-corrected chi connectivity index (χ3v) is 5.71. The molecule has 1 fully saturated rings. The normalized spacial score (nSPS) is 16.3. The van der Waals surface area contributed by atoms with E-state index in [1.165, 1.54) is 4.90 Å². The summed E-state index contributed by atoms with van der Waals surface area (Å²) in [5.74, 6) is -0.0406. The first-order valence-electron chi connectivity index (χ1n) is 9.37. The predicted octanol–water partition coefficient (Wildman–Crippen LogP) is 2.26. The van der Waals surface area contributed by atoms with Crippen molar-refractivity contribution in [3.63, 3.8) is 0 Å². The molecule has 0 aliphatic carbocycles. The number of phenolic OH excluding ortho intramolecular Hbond substituents is 1. The van der Waals surface area contributed by atoms with Crippen LogP contribution in [-0.2, 0) is 18.4 Å². The zero-order chi connectivity index (χ0) is 20.5. The van der Waals surface area contributed by atoms with Gasteiger partial charge in [-0.1, -0.05) is 30.3 Å². The fourth-order valence-corrected chi connectivity index (χ4v) is 3.84. The molecule has 2 aromatic carbocycles. The number of H-pyrrole nitrogens is 1. The highest BCUT2D eigenvalue weighted by Gasteiger charge is 2.35. The predicted molar refractivity (Wildman–Crippen MR) is 110 cm³/mol. The van der Waals surface area contributed by atoms with Gasteiger partial charge in [0, 0.05) is 19.0 Å². The summed E-state index contributed by atoms with van der Waals surface area (Å²) in [6, 6.07) is 10.2. The van der Waals surface area contributed by atoms with Crippen molar-refractivity contribution in [3.05, 3.63) is 52.6 Å². The molecule has 0 radical (unpaired) electrons. The molecule has 3 N–H and O–H groups in total. The standard InChI is InChI=1S/C20H21N5O3S/c1-24-16(22-23-20(24)29)11-21-18(27)15-7-4-10-25(15)19(28)14-9-8-12-5-2-3-6-13(12)17(14)26/h2-3,5-6,8-9,15,26H,4,7,10-11H2,1H3,(H,21,27)(H,23,29). The second-order valence-electron chi connectivity index (χ2n) is 7.06. The lowest BCUT2D eigenvalue weighted by atomic mass is 10.0. The highest BCUT2D eigenvalue weighted by molar-refractivity contribution is 7.71.